The number of hydrogen-bond donors (Lipinski definition) is 1. The molecule has 2 heterocycles. The minimum absolute atomic E-state index is 0.212. The highest BCUT2D eigenvalue weighted by atomic mass is 32.2. The molecule has 0 saturated carbocycles. The number of nitrogens with zero attached hydrogens (tertiary/aromatic N) is 1. The Morgan fingerprint density at radius 2 is 2.00 bits per heavy atom. The lowest BCUT2D eigenvalue weighted by molar-refractivity contribution is -0.115. The highest BCUT2D eigenvalue weighted by Crippen LogP contribution is 2.40. The number of allylic oxidation sites excluding steroid dienone is 1. The normalized spacial score (nSPS) is 13.7. The van der Waals surface area contributed by atoms with Gasteiger partial charge in [-0.05, 0) is 43.2 Å². The predicted molar refractivity (Wildman–Crippen MR) is 132 cm³/mol. The summed E-state index contributed by atoms with van der Waals surface area (Å²) in [5.74, 6) is 2.63. The Bertz CT molecular complexity index is 1250. The molecule has 0 atom stereocenters. The van der Waals surface area contributed by atoms with Crippen molar-refractivity contribution in [1.82, 2.24) is 5.32 Å². The molecule has 0 radical (unpaired) electrons. The van der Waals surface area contributed by atoms with Crippen molar-refractivity contribution in [2.24, 2.45) is 4.99 Å². The van der Waals surface area contributed by atoms with E-state index >= 15 is 0 Å². The predicted octanol–water partition coefficient (Wildman–Crippen LogP) is 5.14. The maximum atomic E-state index is 12.5. The van der Waals surface area contributed by atoms with E-state index in [0.717, 1.165) is 39.9 Å². The van der Waals surface area contributed by atoms with Crippen LogP contribution in [-0.2, 0) is 4.79 Å². The summed E-state index contributed by atoms with van der Waals surface area (Å²) in [6.07, 6.45) is 3.29. The highest BCUT2D eigenvalue weighted by Gasteiger charge is 2.17. The first-order valence-corrected chi connectivity index (χ1v) is 11.6. The van der Waals surface area contributed by atoms with Gasteiger partial charge in [-0.2, -0.15) is 0 Å². The van der Waals surface area contributed by atoms with Crippen LogP contribution in [0.1, 0.15) is 19.4 Å². The maximum absolute atomic E-state index is 12.5. The van der Waals surface area contributed by atoms with Crippen LogP contribution in [0, 0.1) is 0 Å². The molecule has 33 heavy (non-hydrogen) atoms. The number of fused-ring (bicyclic) bond motifs is 1. The molecule has 1 aliphatic heterocycles. The molecular weight excluding hydrogens is 440 g/mol. The zero-order valence-electron chi connectivity index (χ0n) is 19.1. The van der Waals surface area contributed by atoms with Crippen LogP contribution in [0.15, 0.2) is 52.1 Å². The van der Waals surface area contributed by atoms with Gasteiger partial charge in [0.05, 0.1) is 33.6 Å². The van der Waals surface area contributed by atoms with Gasteiger partial charge in [-0.1, -0.05) is 17.8 Å². The first-order chi connectivity index (χ1) is 16.0. The molecule has 7 nitrogen and oxygen atoms in total. The van der Waals surface area contributed by atoms with Gasteiger partial charge in [0.2, 0.25) is 5.91 Å². The third kappa shape index (κ3) is 4.85. The van der Waals surface area contributed by atoms with Crippen LogP contribution in [0.4, 0.5) is 0 Å². The molecule has 8 heteroatoms. The van der Waals surface area contributed by atoms with E-state index in [1.165, 1.54) is 0 Å². The number of aliphatic imine (C=N–C) groups is 1. The van der Waals surface area contributed by atoms with Crippen molar-refractivity contribution >= 4 is 39.4 Å². The lowest BCUT2D eigenvalue weighted by Crippen LogP contribution is -2.25. The first kappa shape index (κ1) is 22.8. The number of rotatable bonds is 7. The van der Waals surface area contributed by atoms with E-state index < -0.39 is 0 Å². The zero-order chi connectivity index (χ0) is 23.4. The Morgan fingerprint density at radius 3 is 2.70 bits per heavy atom. The van der Waals surface area contributed by atoms with E-state index in [-0.39, 0.29) is 5.91 Å². The molecule has 2 aromatic carbocycles. The van der Waals surface area contributed by atoms with Crippen LogP contribution < -0.4 is 19.5 Å². The minimum Gasteiger partial charge on any atom is -0.493 e. The van der Waals surface area contributed by atoms with Crippen LogP contribution in [0.2, 0.25) is 0 Å². The second kappa shape index (κ2) is 10.0. The van der Waals surface area contributed by atoms with Gasteiger partial charge in [0, 0.05) is 34.4 Å². The van der Waals surface area contributed by atoms with Crippen molar-refractivity contribution in [2.75, 3.05) is 33.1 Å². The van der Waals surface area contributed by atoms with Crippen molar-refractivity contribution < 1.29 is 23.4 Å². The van der Waals surface area contributed by atoms with E-state index in [1.54, 1.807) is 38.3 Å². The lowest BCUT2D eigenvalue weighted by Gasteiger charge is -2.12. The summed E-state index contributed by atoms with van der Waals surface area (Å²) in [7, 11) is 3.21. The number of methoxy groups -OCH3 is 2. The van der Waals surface area contributed by atoms with Crippen molar-refractivity contribution in [3.05, 3.63) is 48.2 Å². The first-order valence-electron chi connectivity index (χ1n) is 10.6. The standard InChI is InChI=1S/C25H26N2O5S/c1-5-31-21-13-22-18(12-17(21)15(2)10-24(28)27-25-26-8-9-33-25)19(14-32-22)16-6-7-20(29-3)23(11-16)30-4/h6-7,10-14H,5,8-9H2,1-4H3,(H,26,27,28)/b15-10+. The van der Waals surface area contributed by atoms with Gasteiger partial charge in [-0.3, -0.25) is 9.79 Å². The SMILES string of the molecule is CCOc1cc2occ(-c3ccc(OC)c(OC)c3)c2cc1/C(C)=C/C(=O)NC1=NCCS1. The molecule has 1 aliphatic rings. The van der Waals surface area contributed by atoms with E-state index in [0.29, 0.717) is 34.6 Å². The Hall–Kier alpha value is -3.39. The number of benzene rings is 2. The highest BCUT2D eigenvalue weighted by molar-refractivity contribution is 8.14. The van der Waals surface area contributed by atoms with Gasteiger partial charge in [-0.15, -0.1) is 0 Å². The molecule has 0 fully saturated rings. The van der Waals surface area contributed by atoms with Gasteiger partial charge in [0.15, 0.2) is 16.7 Å². The van der Waals surface area contributed by atoms with E-state index in [2.05, 4.69) is 10.3 Å². The van der Waals surface area contributed by atoms with Gasteiger partial charge in [0.1, 0.15) is 11.3 Å². The molecule has 0 aliphatic carbocycles. The number of amidine groups is 1. The Morgan fingerprint density at radius 1 is 1.18 bits per heavy atom. The van der Waals surface area contributed by atoms with Crippen LogP contribution in [0.3, 0.4) is 0 Å². The Labute approximate surface area is 196 Å². The third-order valence-electron chi connectivity index (χ3n) is 5.26. The molecule has 1 amide bonds. The number of furan rings is 1. The van der Waals surface area contributed by atoms with Crippen molar-refractivity contribution in [1.29, 1.82) is 0 Å². The van der Waals surface area contributed by atoms with Gasteiger partial charge >= 0.3 is 0 Å². The number of carbonyl (C=O) groups is 1. The fraction of sp³-hybridized carbons (Fsp3) is 0.280. The average Bonchev–Trinajstić information content (AvgIpc) is 3.47. The number of thioether (sulfide) groups is 1. The summed E-state index contributed by atoms with van der Waals surface area (Å²) >= 11 is 1.55. The second-order valence-corrected chi connectivity index (χ2v) is 8.43. The second-order valence-electron chi connectivity index (χ2n) is 7.35. The van der Waals surface area contributed by atoms with Gasteiger partial charge in [0.25, 0.3) is 0 Å². The summed E-state index contributed by atoms with van der Waals surface area (Å²) in [6, 6.07) is 9.59. The summed E-state index contributed by atoms with van der Waals surface area (Å²) in [4.78, 5) is 16.8. The van der Waals surface area contributed by atoms with Gasteiger partial charge < -0.3 is 23.9 Å². The molecule has 0 spiro atoms. The average molecular weight is 467 g/mol. The smallest absolute Gasteiger partial charge is 0.250 e. The van der Waals surface area contributed by atoms with E-state index in [4.69, 9.17) is 18.6 Å². The quantitative estimate of drug-likeness (QED) is 0.486. The van der Waals surface area contributed by atoms with Crippen molar-refractivity contribution in [3.8, 4) is 28.4 Å². The third-order valence-corrected chi connectivity index (χ3v) is 6.15. The zero-order valence-corrected chi connectivity index (χ0v) is 19.9. The van der Waals surface area contributed by atoms with Crippen molar-refractivity contribution in [2.45, 2.75) is 13.8 Å². The Balaban J connectivity index is 1.75. The van der Waals surface area contributed by atoms with E-state index in [1.807, 2.05) is 44.2 Å². The largest absolute Gasteiger partial charge is 0.493 e. The topological polar surface area (TPSA) is 82.3 Å². The number of amides is 1. The molecule has 1 N–H and O–H groups in total. The molecule has 1 aromatic heterocycles. The molecule has 172 valence electrons. The number of carbonyl (C=O) groups excluding carboxylic acids is 1. The fourth-order valence-corrected chi connectivity index (χ4v) is 4.42. The molecule has 0 saturated heterocycles. The van der Waals surface area contributed by atoms with Gasteiger partial charge in [-0.25, -0.2) is 0 Å². The van der Waals surface area contributed by atoms with Crippen LogP contribution in [0.25, 0.3) is 27.7 Å². The lowest BCUT2D eigenvalue weighted by atomic mass is 9.99. The fourth-order valence-electron chi connectivity index (χ4n) is 3.69. The molecular formula is C25H26N2O5S. The van der Waals surface area contributed by atoms with Crippen LogP contribution in [-0.4, -0.2) is 44.2 Å². The maximum Gasteiger partial charge on any atom is 0.250 e. The summed E-state index contributed by atoms with van der Waals surface area (Å²) in [5.41, 5.74) is 4.13. The molecule has 0 unspecified atom stereocenters. The number of hydrogen-bond acceptors (Lipinski definition) is 7. The summed E-state index contributed by atoms with van der Waals surface area (Å²) in [6.45, 7) is 5.04. The molecule has 4 rings (SSSR count). The Kier molecular flexibility index (Phi) is 6.93. The summed E-state index contributed by atoms with van der Waals surface area (Å²) in [5, 5.41) is 4.41. The molecule has 0 bridgehead atoms. The molecule has 3 aromatic rings. The van der Waals surface area contributed by atoms with Crippen molar-refractivity contribution in [3.63, 3.8) is 0 Å². The van der Waals surface area contributed by atoms with E-state index in [9.17, 15) is 4.79 Å². The minimum atomic E-state index is -0.212. The van der Waals surface area contributed by atoms with Crippen LogP contribution >= 0.6 is 11.8 Å². The monoisotopic (exact) mass is 466 g/mol. The summed E-state index contributed by atoms with van der Waals surface area (Å²) < 4.78 is 22.5. The number of nitrogens with one attached hydrogen (secondary N) is 1. The number of ether oxygens (including phenoxy) is 3. The van der Waals surface area contributed by atoms with Crippen LogP contribution in [0.5, 0.6) is 17.2 Å².